The molecule has 0 radical (unpaired) electrons. The van der Waals surface area contributed by atoms with Crippen LogP contribution in [0.4, 0.5) is 0 Å². The zero-order valence-electron chi connectivity index (χ0n) is 14.3. The molecule has 0 fully saturated rings. The Morgan fingerprint density at radius 2 is 1.84 bits per heavy atom. The maximum Gasteiger partial charge on any atom is 0.240 e. The number of benzene rings is 2. The van der Waals surface area contributed by atoms with Gasteiger partial charge in [-0.1, -0.05) is 47.6 Å². The fourth-order valence-electron chi connectivity index (χ4n) is 2.59. The van der Waals surface area contributed by atoms with Crippen molar-refractivity contribution in [3.63, 3.8) is 0 Å². The summed E-state index contributed by atoms with van der Waals surface area (Å²) in [7, 11) is 1.61. The third kappa shape index (κ3) is 3.70. The molecule has 0 saturated heterocycles. The maximum absolute atomic E-state index is 9.82. The van der Waals surface area contributed by atoms with Gasteiger partial charge in [0.05, 0.1) is 31.4 Å². The van der Waals surface area contributed by atoms with Crippen LogP contribution in [0.15, 0.2) is 59.1 Å². The highest BCUT2D eigenvalue weighted by molar-refractivity contribution is 5.63. The Kier molecular flexibility index (Phi) is 5.11. The molecule has 2 aromatic carbocycles. The minimum atomic E-state index is -0.597. The summed E-state index contributed by atoms with van der Waals surface area (Å²) in [6.07, 6.45) is 0. The third-order valence-corrected chi connectivity index (χ3v) is 4.17. The summed E-state index contributed by atoms with van der Waals surface area (Å²) in [5, 5.41) is 17.1. The summed E-state index contributed by atoms with van der Waals surface area (Å²) >= 11 is 0. The summed E-state index contributed by atoms with van der Waals surface area (Å²) in [6.45, 7) is 2.22. The molecule has 2 N–H and O–H groups in total. The SMILES string of the molecule is COc1ccccc1-c1noc(CNC(C)(CO)c2ccccc2)n1. The fraction of sp³-hybridized carbons (Fsp3) is 0.263. The summed E-state index contributed by atoms with van der Waals surface area (Å²) < 4.78 is 10.7. The van der Waals surface area contributed by atoms with Crippen molar-refractivity contribution in [2.24, 2.45) is 0 Å². The molecule has 0 aliphatic rings. The molecule has 130 valence electrons. The summed E-state index contributed by atoms with van der Waals surface area (Å²) in [6, 6.07) is 17.3. The van der Waals surface area contributed by atoms with Gasteiger partial charge in [-0.2, -0.15) is 4.98 Å². The van der Waals surface area contributed by atoms with Gasteiger partial charge in [0.2, 0.25) is 11.7 Å². The zero-order valence-corrected chi connectivity index (χ0v) is 14.3. The number of aromatic nitrogens is 2. The molecule has 6 heteroatoms. The van der Waals surface area contributed by atoms with Gasteiger partial charge >= 0.3 is 0 Å². The first-order valence-electron chi connectivity index (χ1n) is 8.03. The second-order valence-electron chi connectivity index (χ2n) is 5.92. The lowest BCUT2D eigenvalue weighted by Crippen LogP contribution is -2.42. The standard InChI is InChI=1S/C19H21N3O3/c1-19(13-23,14-8-4-3-5-9-14)20-12-17-21-18(22-25-17)15-10-6-7-11-16(15)24-2/h3-11,20,23H,12-13H2,1-2H3. The molecule has 1 unspecified atom stereocenters. The number of methoxy groups -OCH3 is 1. The van der Waals surface area contributed by atoms with E-state index in [2.05, 4.69) is 15.5 Å². The Labute approximate surface area is 146 Å². The van der Waals surface area contributed by atoms with Crippen molar-refractivity contribution >= 4 is 0 Å². The zero-order chi connectivity index (χ0) is 17.7. The van der Waals surface area contributed by atoms with Gasteiger partial charge < -0.3 is 14.4 Å². The molecule has 3 rings (SSSR count). The van der Waals surface area contributed by atoms with Crippen molar-refractivity contribution in [2.45, 2.75) is 19.0 Å². The first kappa shape index (κ1) is 17.1. The predicted molar refractivity (Wildman–Crippen MR) is 94.0 cm³/mol. The lowest BCUT2D eigenvalue weighted by molar-refractivity contribution is 0.168. The average Bonchev–Trinajstić information content (AvgIpc) is 3.15. The number of nitrogens with zero attached hydrogens (tertiary/aromatic N) is 2. The Bertz CT molecular complexity index is 820. The van der Waals surface area contributed by atoms with Crippen LogP contribution in [0.25, 0.3) is 11.4 Å². The van der Waals surface area contributed by atoms with Crippen LogP contribution in [0.1, 0.15) is 18.4 Å². The Morgan fingerprint density at radius 1 is 1.12 bits per heavy atom. The van der Waals surface area contributed by atoms with Crippen LogP contribution in [0.5, 0.6) is 5.75 Å². The van der Waals surface area contributed by atoms with Crippen LogP contribution in [0.3, 0.4) is 0 Å². The van der Waals surface area contributed by atoms with Gasteiger partial charge in [0.1, 0.15) is 5.75 Å². The van der Waals surface area contributed by atoms with Crippen molar-refractivity contribution in [1.82, 2.24) is 15.5 Å². The molecule has 0 amide bonds. The van der Waals surface area contributed by atoms with E-state index < -0.39 is 5.54 Å². The normalized spacial score (nSPS) is 13.4. The first-order chi connectivity index (χ1) is 12.2. The van der Waals surface area contributed by atoms with Crippen LogP contribution in [0, 0.1) is 0 Å². The maximum atomic E-state index is 9.82. The van der Waals surface area contributed by atoms with Crippen molar-refractivity contribution < 1.29 is 14.4 Å². The van der Waals surface area contributed by atoms with Crippen LogP contribution in [-0.2, 0) is 12.1 Å². The van der Waals surface area contributed by atoms with Crippen LogP contribution in [0.2, 0.25) is 0 Å². The van der Waals surface area contributed by atoms with E-state index in [0.29, 0.717) is 24.0 Å². The van der Waals surface area contributed by atoms with Crippen molar-refractivity contribution in [2.75, 3.05) is 13.7 Å². The second-order valence-corrected chi connectivity index (χ2v) is 5.92. The molecule has 1 aromatic heterocycles. The van der Waals surface area contributed by atoms with Crippen molar-refractivity contribution in [1.29, 1.82) is 0 Å². The number of rotatable bonds is 7. The molecule has 0 aliphatic heterocycles. The lowest BCUT2D eigenvalue weighted by Gasteiger charge is -2.28. The van der Waals surface area contributed by atoms with E-state index in [0.717, 1.165) is 11.1 Å². The number of para-hydroxylation sites is 1. The van der Waals surface area contributed by atoms with Crippen molar-refractivity contribution in [3.05, 3.63) is 66.1 Å². The van der Waals surface area contributed by atoms with E-state index in [4.69, 9.17) is 9.26 Å². The van der Waals surface area contributed by atoms with Gasteiger partial charge in [0.15, 0.2) is 0 Å². The Morgan fingerprint density at radius 3 is 2.56 bits per heavy atom. The van der Waals surface area contributed by atoms with E-state index in [9.17, 15) is 5.11 Å². The van der Waals surface area contributed by atoms with Gasteiger partial charge in [-0.15, -0.1) is 0 Å². The van der Waals surface area contributed by atoms with Gasteiger partial charge in [-0.3, -0.25) is 5.32 Å². The average molecular weight is 339 g/mol. The van der Waals surface area contributed by atoms with Gasteiger partial charge in [0.25, 0.3) is 0 Å². The predicted octanol–water partition coefficient (Wildman–Crippen LogP) is 2.74. The van der Waals surface area contributed by atoms with Crippen LogP contribution >= 0.6 is 0 Å². The molecule has 0 aliphatic carbocycles. The minimum Gasteiger partial charge on any atom is -0.496 e. The first-order valence-corrected chi connectivity index (χ1v) is 8.03. The summed E-state index contributed by atoms with van der Waals surface area (Å²) in [5.74, 6) is 1.60. The topological polar surface area (TPSA) is 80.4 Å². The summed E-state index contributed by atoms with van der Waals surface area (Å²) in [5.41, 5.74) is 1.16. The minimum absolute atomic E-state index is 0.0511. The highest BCUT2D eigenvalue weighted by atomic mass is 16.5. The molecule has 0 spiro atoms. The molecular formula is C19H21N3O3. The largest absolute Gasteiger partial charge is 0.496 e. The quantitative estimate of drug-likeness (QED) is 0.689. The monoisotopic (exact) mass is 339 g/mol. The molecule has 1 heterocycles. The van der Waals surface area contributed by atoms with Crippen LogP contribution < -0.4 is 10.1 Å². The smallest absolute Gasteiger partial charge is 0.240 e. The number of aliphatic hydroxyl groups excluding tert-OH is 1. The molecule has 3 aromatic rings. The van der Waals surface area contributed by atoms with E-state index in [1.807, 2.05) is 61.5 Å². The van der Waals surface area contributed by atoms with E-state index in [1.165, 1.54) is 0 Å². The van der Waals surface area contributed by atoms with E-state index in [-0.39, 0.29) is 6.61 Å². The summed E-state index contributed by atoms with van der Waals surface area (Å²) in [4.78, 5) is 4.42. The Hall–Kier alpha value is -2.70. The molecule has 25 heavy (non-hydrogen) atoms. The van der Waals surface area contributed by atoms with Gasteiger partial charge in [0, 0.05) is 0 Å². The lowest BCUT2D eigenvalue weighted by atomic mass is 9.93. The number of ether oxygens (including phenoxy) is 1. The van der Waals surface area contributed by atoms with E-state index in [1.54, 1.807) is 7.11 Å². The number of hydrogen-bond donors (Lipinski definition) is 2. The molecule has 0 bridgehead atoms. The van der Waals surface area contributed by atoms with E-state index >= 15 is 0 Å². The molecular weight excluding hydrogens is 318 g/mol. The van der Waals surface area contributed by atoms with Crippen LogP contribution in [-0.4, -0.2) is 29.0 Å². The highest BCUT2D eigenvalue weighted by Gasteiger charge is 2.26. The number of hydrogen-bond acceptors (Lipinski definition) is 6. The Balaban J connectivity index is 1.75. The second kappa shape index (κ2) is 7.46. The number of aliphatic hydroxyl groups is 1. The fourth-order valence-corrected chi connectivity index (χ4v) is 2.59. The third-order valence-electron chi connectivity index (χ3n) is 4.17. The van der Waals surface area contributed by atoms with Gasteiger partial charge in [-0.05, 0) is 24.6 Å². The highest BCUT2D eigenvalue weighted by Crippen LogP contribution is 2.27. The molecule has 6 nitrogen and oxygen atoms in total. The van der Waals surface area contributed by atoms with Crippen molar-refractivity contribution in [3.8, 4) is 17.1 Å². The van der Waals surface area contributed by atoms with Gasteiger partial charge in [-0.25, -0.2) is 0 Å². The molecule has 0 saturated carbocycles. The number of nitrogens with one attached hydrogen (secondary N) is 1. The molecule has 1 atom stereocenters.